The van der Waals surface area contributed by atoms with Crippen molar-refractivity contribution < 1.29 is 4.79 Å². The lowest BCUT2D eigenvalue weighted by Gasteiger charge is -2.03. The molecule has 0 aromatic carbocycles. The van der Waals surface area contributed by atoms with Gasteiger partial charge in [-0.25, -0.2) is 0 Å². The van der Waals surface area contributed by atoms with E-state index in [-0.39, 0.29) is 0 Å². The van der Waals surface area contributed by atoms with Crippen LogP contribution in [0.3, 0.4) is 0 Å². The molecule has 0 heterocycles. The predicted molar refractivity (Wildman–Crippen MR) is 41.9 cm³/mol. The molecule has 2 nitrogen and oxygen atoms in total. The van der Waals surface area contributed by atoms with E-state index in [1.807, 2.05) is 0 Å². The molecule has 0 radical (unpaired) electrons. The lowest BCUT2D eigenvalue weighted by atomic mass is 10.3. The molecule has 0 saturated carbocycles. The topological polar surface area (TPSA) is 29.1 Å². The number of amides is 1. The van der Waals surface area contributed by atoms with Crippen molar-refractivity contribution in [3.05, 3.63) is 0 Å². The standard InChI is InChI=1S/C5H10INO/c1-2-3-5(6)7-4-8/h4-5H,2-3H2,1H3,(H,7,8). The highest BCUT2D eigenvalue weighted by Crippen LogP contribution is 2.02. The first-order valence-corrected chi connectivity index (χ1v) is 3.89. The second-order valence-corrected chi connectivity index (χ2v) is 3.04. The molecule has 1 amide bonds. The molecule has 1 unspecified atom stereocenters. The van der Waals surface area contributed by atoms with Crippen LogP contribution in [0, 0.1) is 0 Å². The zero-order chi connectivity index (χ0) is 6.41. The Morgan fingerprint density at radius 2 is 2.50 bits per heavy atom. The number of hydrogen-bond donors (Lipinski definition) is 1. The highest BCUT2D eigenvalue weighted by Gasteiger charge is 1.95. The largest absolute Gasteiger partial charge is 0.347 e. The number of carbonyl (C=O) groups excluding carboxylic acids is 1. The van der Waals surface area contributed by atoms with Crippen LogP contribution >= 0.6 is 22.6 Å². The van der Waals surface area contributed by atoms with Crippen LogP contribution in [-0.4, -0.2) is 10.5 Å². The van der Waals surface area contributed by atoms with E-state index in [4.69, 9.17) is 0 Å². The van der Waals surface area contributed by atoms with E-state index in [1.54, 1.807) is 0 Å². The molecule has 0 spiro atoms. The molecule has 0 aliphatic rings. The van der Waals surface area contributed by atoms with Gasteiger partial charge in [0.2, 0.25) is 6.41 Å². The molecule has 0 aliphatic carbocycles. The van der Waals surface area contributed by atoms with E-state index in [0.29, 0.717) is 4.05 Å². The molecule has 48 valence electrons. The summed E-state index contributed by atoms with van der Waals surface area (Å²) in [4.78, 5) is 9.77. The number of rotatable bonds is 4. The van der Waals surface area contributed by atoms with Gasteiger partial charge >= 0.3 is 0 Å². The molecule has 0 aromatic heterocycles. The van der Waals surface area contributed by atoms with Gasteiger partial charge in [0.05, 0.1) is 4.05 Å². The molecule has 0 rings (SSSR count). The zero-order valence-corrected chi connectivity index (χ0v) is 7.01. The van der Waals surface area contributed by atoms with Gasteiger partial charge in [-0.05, 0) is 6.42 Å². The van der Waals surface area contributed by atoms with Crippen molar-refractivity contribution in [1.29, 1.82) is 0 Å². The Morgan fingerprint density at radius 1 is 1.88 bits per heavy atom. The lowest BCUT2D eigenvalue weighted by Crippen LogP contribution is -2.20. The SMILES string of the molecule is CCCC(I)NC=O. The Morgan fingerprint density at radius 3 is 2.88 bits per heavy atom. The maximum atomic E-state index is 9.77. The Labute approximate surface area is 63.2 Å². The molecule has 1 atom stereocenters. The first-order chi connectivity index (χ1) is 3.81. The summed E-state index contributed by atoms with van der Waals surface area (Å²) in [5.74, 6) is 0. The molecule has 1 N–H and O–H groups in total. The normalized spacial score (nSPS) is 12.8. The maximum Gasteiger partial charge on any atom is 0.207 e. The third-order valence-corrected chi connectivity index (χ3v) is 1.77. The molecule has 0 bridgehead atoms. The van der Waals surface area contributed by atoms with Gasteiger partial charge in [0.15, 0.2) is 0 Å². The lowest BCUT2D eigenvalue weighted by molar-refractivity contribution is -0.109. The van der Waals surface area contributed by atoms with E-state index in [0.717, 1.165) is 19.3 Å². The Balaban J connectivity index is 3.03. The van der Waals surface area contributed by atoms with Gasteiger partial charge in [-0.2, -0.15) is 0 Å². The summed E-state index contributed by atoms with van der Waals surface area (Å²) in [6, 6.07) is 0. The van der Waals surface area contributed by atoms with E-state index in [9.17, 15) is 4.79 Å². The fourth-order valence-corrected chi connectivity index (χ4v) is 1.18. The summed E-state index contributed by atoms with van der Waals surface area (Å²) in [7, 11) is 0. The first kappa shape index (κ1) is 8.20. The number of halogens is 1. The second kappa shape index (κ2) is 5.34. The number of nitrogens with one attached hydrogen (secondary N) is 1. The highest BCUT2D eigenvalue weighted by molar-refractivity contribution is 14.1. The molecule has 3 heteroatoms. The minimum absolute atomic E-state index is 0.315. The number of hydrogen-bond acceptors (Lipinski definition) is 1. The van der Waals surface area contributed by atoms with Crippen LogP contribution in [0.25, 0.3) is 0 Å². The number of alkyl halides is 1. The number of carbonyl (C=O) groups is 1. The van der Waals surface area contributed by atoms with E-state index >= 15 is 0 Å². The van der Waals surface area contributed by atoms with Crippen LogP contribution in [0.15, 0.2) is 0 Å². The minimum atomic E-state index is 0.315. The van der Waals surface area contributed by atoms with Crippen LogP contribution in [0.1, 0.15) is 19.8 Å². The van der Waals surface area contributed by atoms with E-state index in [1.165, 1.54) is 0 Å². The Hall–Kier alpha value is 0.200. The van der Waals surface area contributed by atoms with Gasteiger partial charge in [-0.3, -0.25) is 4.79 Å². The second-order valence-electron chi connectivity index (χ2n) is 1.54. The van der Waals surface area contributed by atoms with E-state index in [2.05, 4.69) is 34.8 Å². The average molecular weight is 227 g/mol. The van der Waals surface area contributed by atoms with Crippen molar-refractivity contribution in [2.45, 2.75) is 23.8 Å². The average Bonchev–Trinajstić information content (AvgIpc) is 1.68. The molecule has 8 heavy (non-hydrogen) atoms. The van der Waals surface area contributed by atoms with Crippen LogP contribution in [0.2, 0.25) is 0 Å². The van der Waals surface area contributed by atoms with Gasteiger partial charge in [-0.15, -0.1) is 0 Å². The van der Waals surface area contributed by atoms with Crippen LogP contribution in [-0.2, 0) is 4.79 Å². The predicted octanol–water partition coefficient (Wildman–Crippen LogP) is 1.29. The van der Waals surface area contributed by atoms with Gasteiger partial charge in [-0.1, -0.05) is 35.9 Å². The fourth-order valence-electron chi connectivity index (χ4n) is 0.411. The maximum absolute atomic E-state index is 9.77. The third kappa shape index (κ3) is 4.36. The van der Waals surface area contributed by atoms with Crippen molar-refractivity contribution in [2.75, 3.05) is 0 Å². The van der Waals surface area contributed by atoms with Crippen molar-refractivity contribution in [3.63, 3.8) is 0 Å². The minimum Gasteiger partial charge on any atom is -0.347 e. The third-order valence-electron chi connectivity index (χ3n) is 0.791. The van der Waals surface area contributed by atoms with Gasteiger partial charge in [0.1, 0.15) is 0 Å². The fraction of sp³-hybridized carbons (Fsp3) is 0.800. The summed E-state index contributed by atoms with van der Waals surface area (Å²) in [6.45, 7) is 2.10. The van der Waals surface area contributed by atoms with E-state index < -0.39 is 0 Å². The highest BCUT2D eigenvalue weighted by atomic mass is 127. The molecule has 0 aromatic rings. The molecule has 0 aliphatic heterocycles. The summed E-state index contributed by atoms with van der Waals surface area (Å²) in [5.41, 5.74) is 0. The summed E-state index contributed by atoms with van der Waals surface area (Å²) in [6.07, 6.45) is 2.92. The first-order valence-electron chi connectivity index (χ1n) is 2.65. The van der Waals surface area contributed by atoms with Gasteiger partial charge in [0, 0.05) is 0 Å². The van der Waals surface area contributed by atoms with Gasteiger partial charge in [0.25, 0.3) is 0 Å². The molecule has 0 saturated heterocycles. The van der Waals surface area contributed by atoms with Crippen molar-refractivity contribution in [3.8, 4) is 0 Å². The molecular weight excluding hydrogens is 217 g/mol. The monoisotopic (exact) mass is 227 g/mol. The summed E-state index contributed by atoms with van der Waals surface area (Å²) < 4.78 is 0.315. The summed E-state index contributed by atoms with van der Waals surface area (Å²) in [5, 5.41) is 2.65. The molecular formula is C5H10INO. The van der Waals surface area contributed by atoms with Crippen LogP contribution < -0.4 is 5.32 Å². The van der Waals surface area contributed by atoms with Crippen molar-refractivity contribution >= 4 is 29.0 Å². The van der Waals surface area contributed by atoms with Crippen LogP contribution in [0.5, 0.6) is 0 Å². The molecule has 0 fully saturated rings. The van der Waals surface area contributed by atoms with Crippen molar-refractivity contribution in [1.82, 2.24) is 5.32 Å². The van der Waals surface area contributed by atoms with Crippen LogP contribution in [0.4, 0.5) is 0 Å². The Bertz CT molecular complexity index is 67.4. The zero-order valence-electron chi connectivity index (χ0n) is 4.86. The van der Waals surface area contributed by atoms with Gasteiger partial charge < -0.3 is 5.32 Å². The summed E-state index contributed by atoms with van der Waals surface area (Å²) >= 11 is 2.20. The smallest absolute Gasteiger partial charge is 0.207 e. The van der Waals surface area contributed by atoms with Crippen molar-refractivity contribution in [2.24, 2.45) is 0 Å². The quantitative estimate of drug-likeness (QED) is 0.333. The Kier molecular flexibility index (Phi) is 5.47.